The highest BCUT2D eigenvalue weighted by atomic mass is 127. The summed E-state index contributed by atoms with van der Waals surface area (Å²) < 4.78 is 0. The molecule has 0 radical (unpaired) electrons. The van der Waals surface area contributed by atoms with Crippen LogP contribution in [-0.2, 0) is 16.1 Å². The number of nitro groups is 1. The monoisotopic (exact) mass is 539 g/mol. The summed E-state index contributed by atoms with van der Waals surface area (Å²) in [6.45, 7) is 3.53. The molecule has 2 aliphatic carbocycles. The number of guanidine groups is 1. The van der Waals surface area contributed by atoms with Crippen LogP contribution < -0.4 is 10.6 Å². The minimum absolute atomic E-state index is 0. The number of nitrogens with one attached hydrogen (secondary N) is 2. The van der Waals surface area contributed by atoms with E-state index in [-0.39, 0.29) is 71.7 Å². The van der Waals surface area contributed by atoms with E-state index in [4.69, 9.17) is 0 Å². The van der Waals surface area contributed by atoms with Crippen molar-refractivity contribution in [1.82, 2.24) is 15.5 Å². The SMILES string of the molecule is CCNC(=NCc1cccc([N+](=O)[O-])c1)NCCN1C(=O)C2C3C=CC(C3)C2C1=O.I. The highest BCUT2D eigenvalue weighted by Gasteiger charge is 2.58. The molecule has 4 unspecified atom stereocenters. The second kappa shape index (κ2) is 9.75. The van der Waals surface area contributed by atoms with Crippen molar-refractivity contribution in [3.63, 3.8) is 0 Å². The number of allylic oxidation sites excluding steroid dienone is 2. The van der Waals surface area contributed by atoms with E-state index in [0.717, 1.165) is 12.0 Å². The van der Waals surface area contributed by atoms with Crippen molar-refractivity contribution in [2.45, 2.75) is 19.9 Å². The third-order valence-electron chi connectivity index (χ3n) is 6.07. The first-order valence-electron chi connectivity index (χ1n) is 10.3. The van der Waals surface area contributed by atoms with Gasteiger partial charge in [-0.15, -0.1) is 24.0 Å². The van der Waals surface area contributed by atoms with Crippen molar-refractivity contribution in [2.24, 2.45) is 28.7 Å². The molecule has 1 aromatic rings. The molecule has 9 nitrogen and oxygen atoms in total. The Hall–Kier alpha value is -2.50. The van der Waals surface area contributed by atoms with E-state index in [1.165, 1.54) is 17.0 Å². The van der Waals surface area contributed by atoms with Gasteiger partial charge in [0.1, 0.15) is 0 Å². The summed E-state index contributed by atoms with van der Waals surface area (Å²) in [7, 11) is 0. The molecule has 1 aliphatic heterocycles. The fourth-order valence-corrected chi connectivity index (χ4v) is 4.75. The number of nitro benzene ring substituents is 1. The maximum Gasteiger partial charge on any atom is 0.269 e. The van der Waals surface area contributed by atoms with Crippen LogP contribution in [0.5, 0.6) is 0 Å². The number of hydrogen-bond acceptors (Lipinski definition) is 5. The first kappa shape index (κ1) is 23.2. The van der Waals surface area contributed by atoms with E-state index in [2.05, 4.69) is 27.8 Å². The van der Waals surface area contributed by atoms with Gasteiger partial charge in [-0.25, -0.2) is 4.99 Å². The van der Waals surface area contributed by atoms with Gasteiger partial charge in [-0.1, -0.05) is 24.3 Å². The largest absolute Gasteiger partial charge is 0.357 e. The Morgan fingerprint density at radius 2 is 1.87 bits per heavy atom. The van der Waals surface area contributed by atoms with Crippen LogP contribution in [0.1, 0.15) is 18.9 Å². The van der Waals surface area contributed by atoms with Gasteiger partial charge in [0.15, 0.2) is 5.96 Å². The number of benzene rings is 1. The number of carbonyl (C=O) groups is 2. The smallest absolute Gasteiger partial charge is 0.269 e. The minimum Gasteiger partial charge on any atom is -0.357 e. The highest BCUT2D eigenvalue weighted by molar-refractivity contribution is 14.0. The van der Waals surface area contributed by atoms with Crippen LogP contribution >= 0.6 is 24.0 Å². The number of aliphatic imine (C=N–C) groups is 1. The Kier molecular flexibility index (Phi) is 7.29. The summed E-state index contributed by atoms with van der Waals surface area (Å²) in [6, 6.07) is 6.35. The van der Waals surface area contributed by atoms with Crippen molar-refractivity contribution >= 4 is 47.4 Å². The Bertz CT molecular complexity index is 904. The van der Waals surface area contributed by atoms with Crippen molar-refractivity contribution in [3.05, 3.63) is 52.1 Å². The standard InChI is InChI=1S/C21H25N5O4.HI/c1-2-22-21(24-12-13-4-3-5-16(10-13)26(29)30)23-8-9-25-19(27)17-14-6-7-15(11-14)18(17)20(25)28;/h3-7,10,14-15,17-18H,2,8-9,11-12H2,1H3,(H2,22,23,24);1H. The predicted molar refractivity (Wildman–Crippen MR) is 126 cm³/mol. The molecule has 2 N–H and O–H groups in total. The van der Waals surface area contributed by atoms with E-state index >= 15 is 0 Å². The summed E-state index contributed by atoms with van der Waals surface area (Å²) in [5.41, 5.74) is 0.753. The van der Waals surface area contributed by atoms with Crippen molar-refractivity contribution in [3.8, 4) is 0 Å². The van der Waals surface area contributed by atoms with Gasteiger partial charge in [-0.2, -0.15) is 0 Å². The molecule has 4 atom stereocenters. The maximum atomic E-state index is 12.7. The molecule has 4 rings (SSSR count). The Balaban J connectivity index is 0.00000272. The molecule has 1 saturated heterocycles. The van der Waals surface area contributed by atoms with E-state index in [9.17, 15) is 19.7 Å². The molecule has 10 heteroatoms. The molecule has 1 aromatic carbocycles. The molecular formula is C21H26IN5O4. The normalized spacial score (nSPS) is 26.1. The van der Waals surface area contributed by atoms with E-state index in [0.29, 0.717) is 25.6 Å². The fraction of sp³-hybridized carbons (Fsp3) is 0.476. The number of rotatable bonds is 7. The van der Waals surface area contributed by atoms with Crippen LogP contribution in [-0.4, -0.2) is 47.2 Å². The van der Waals surface area contributed by atoms with Gasteiger partial charge >= 0.3 is 0 Å². The van der Waals surface area contributed by atoms with E-state index in [1.54, 1.807) is 12.1 Å². The second-order valence-corrected chi connectivity index (χ2v) is 7.88. The number of nitrogens with zero attached hydrogens (tertiary/aromatic N) is 3. The summed E-state index contributed by atoms with van der Waals surface area (Å²) in [5.74, 6) is 0.493. The number of imide groups is 1. The zero-order chi connectivity index (χ0) is 21.3. The lowest BCUT2D eigenvalue weighted by Gasteiger charge is -2.18. The van der Waals surface area contributed by atoms with Crippen LogP contribution in [0.2, 0.25) is 0 Å². The zero-order valence-electron chi connectivity index (χ0n) is 17.2. The number of likely N-dealkylation sites (tertiary alicyclic amines) is 1. The molecule has 0 aromatic heterocycles. The van der Waals surface area contributed by atoms with E-state index < -0.39 is 4.92 Å². The van der Waals surface area contributed by atoms with Gasteiger partial charge in [0.25, 0.3) is 5.69 Å². The molecule has 31 heavy (non-hydrogen) atoms. The van der Waals surface area contributed by atoms with Gasteiger partial charge in [-0.05, 0) is 30.7 Å². The number of carbonyl (C=O) groups excluding carboxylic acids is 2. The van der Waals surface area contributed by atoms with E-state index in [1.807, 2.05) is 6.92 Å². The van der Waals surface area contributed by atoms with Gasteiger partial charge in [0.05, 0.1) is 23.3 Å². The van der Waals surface area contributed by atoms with Gasteiger partial charge < -0.3 is 10.6 Å². The summed E-state index contributed by atoms with van der Waals surface area (Å²) in [4.78, 5) is 41.8. The Morgan fingerprint density at radius 3 is 2.48 bits per heavy atom. The summed E-state index contributed by atoms with van der Waals surface area (Å²) in [6.07, 6.45) is 5.10. The highest BCUT2D eigenvalue weighted by Crippen LogP contribution is 2.52. The maximum absolute atomic E-state index is 12.7. The number of non-ortho nitro benzene ring substituents is 1. The molecule has 1 saturated carbocycles. The lowest BCUT2D eigenvalue weighted by molar-refractivity contribution is -0.384. The van der Waals surface area contributed by atoms with Crippen molar-refractivity contribution in [2.75, 3.05) is 19.6 Å². The lowest BCUT2D eigenvalue weighted by atomic mass is 9.85. The van der Waals surface area contributed by atoms with Crippen LogP contribution in [0.25, 0.3) is 0 Å². The molecular weight excluding hydrogens is 513 g/mol. The van der Waals surface area contributed by atoms with Crippen LogP contribution in [0.15, 0.2) is 41.4 Å². The van der Waals surface area contributed by atoms with Gasteiger partial charge in [-0.3, -0.25) is 24.6 Å². The van der Waals surface area contributed by atoms with Crippen molar-refractivity contribution < 1.29 is 14.5 Å². The molecule has 3 aliphatic rings. The lowest BCUT2D eigenvalue weighted by Crippen LogP contribution is -2.43. The van der Waals surface area contributed by atoms with Gasteiger partial charge in [0, 0.05) is 31.8 Å². The second-order valence-electron chi connectivity index (χ2n) is 7.88. The molecule has 2 fully saturated rings. The van der Waals surface area contributed by atoms with Crippen LogP contribution in [0.3, 0.4) is 0 Å². The molecule has 1 heterocycles. The quantitative estimate of drug-likeness (QED) is 0.104. The predicted octanol–water partition coefficient (Wildman–Crippen LogP) is 2.08. The Morgan fingerprint density at radius 1 is 1.19 bits per heavy atom. The number of fused-ring (bicyclic) bond motifs is 5. The average Bonchev–Trinajstić information content (AvgIpc) is 3.42. The molecule has 2 bridgehead atoms. The van der Waals surface area contributed by atoms with Crippen LogP contribution in [0, 0.1) is 33.8 Å². The topological polar surface area (TPSA) is 117 Å². The number of hydrogen-bond donors (Lipinski definition) is 2. The summed E-state index contributed by atoms with van der Waals surface area (Å²) in [5, 5.41) is 17.2. The molecule has 0 spiro atoms. The minimum atomic E-state index is -0.433. The van der Waals surface area contributed by atoms with Gasteiger partial charge in [0.2, 0.25) is 11.8 Å². The molecule has 166 valence electrons. The average molecular weight is 539 g/mol. The summed E-state index contributed by atoms with van der Waals surface area (Å²) >= 11 is 0. The third kappa shape index (κ3) is 4.58. The Labute approximate surface area is 197 Å². The first-order valence-corrected chi connectivity index (χ1v) is 10.3. The third-order valence-corrected chi connectivity index (χ3v) is 6.07. The number of amides is 2. The molecule has 2 amide bonds. The first-order chi connectivity index (χ1) is 14.5. The fourth-order valence-electron chi connectivity index (χ4n) is 4.75. The number of halogens is 1. The zero-order valence-corrected chi connectivity index (χ0v) is 19.5. The van der Waals surface area contributed by atoms with Crippen LogP contribution in [0.4, 0.5) is 5.69 Å². The van der Waals surface area contributed by atoms with Crippen molar-refractivity contribution in [1.29, 1.82) is 0 Å².